The minimum atomic E-state index is -0.105. The summed E-state index contributed by atoms with van der Waals surface area (Å²) in [5.41, 5.74) is 13.8. The first-order chi connectivity index (χ1) is 7.40. The molecule has 0 radical (unpaired) electrons. The van der Waals surface area contributed by atoms with Crippen LogP contribution in [0.2, 0.25) is 0 Å². The van der Waals surface area contributed by atoms with Crippen molar-refractivity contribution in [3.05, 3.63) is 29.3 Å². The van der Waals surface area contributed by atoms with Gasteiger partial charge in [0.15, 0.2) is 0 Å². The molecule has 0 bridgehead atoms. The van der Waals surface area contributed by atoms with Crippen molar-refractivity contribution in [2.45, 2.75) is 32.2 Å². The van der Waals surface area contributed by atoms with Crippen molar-refractivity contribution in [3.63, 3.8) is 0 Å². The number of rotatable bonds is 3. The predicted octanol–water partition coefficient (Wildman–Crippen LogP) is 1.95. The summed E-state index contributed by atoms with van der Waals surface area (Å²) in [5.74, 6) is 0.903. The topological polar surface area (TPSA) is 61.3 Å². The molecule has 90 valence electrons. The molecule has 0 aromatic heterocycles. The summed E-state index contributed by atoms with van der Waals surface area (Å²) in [6.45, 7) is 6.92. The zero-order valence-corrected chi connectivity index (χ0v) is 10.6. The van der Waals surface area contributed by atoms with Gasteiger partial charge in [-0.3, -0.25) is 0 Å². The minimum absolute atomic E-state index is 0.0374. The summed E-state index contributed by atoms with van der Waals surface area (Å²) >= 11 is 0. The summed E-state index contributed by atoms with van der Waals surface area (Å²) in [6.07, 6.45) is 0. The number of benzene rings is 1. The molecule has 16 heavy (non-hydrogen) atoms. The third-order valence-electron chi connectivity index (χ3n) is 2.71. The van der Waals surface area contributed by atoms with E-state index >= 15 is 0 Å². The first-order valence-corrected chi connectivity index (χ1v) is 5.54. The molecule has 0 spiro atoms. The van der Waals surface area contributed by atoms with E-state index in [4.69, 9.17) is 16.2 Å². The zero-order chi connectivity index (χ0) is 12.3. The van der Waals surface area contributed by atoms with Gasteiger partial charge in [0.05, 0.1) is 7.11 Å². The first kappa shape index (κ1) is 13.0. The highest BCUT2D eigenvalue weighted by atomic mass is 16.5. The van der Waals surface area contributed by atoms with E-state index in [0.29, 0.717) is 6.54 Å². The van der Waals surface area contributed by atoms with Crippen molar-refractivity contribution in [2.24, 2.45) is 11.5 Å². The van der Waals surface area contributed by atoms with E-state index < -0.39 is 0 Å². The van der Waals surface area contributed by atoms with Gasteiger partial charge in [-0.2, -0.15) is 0 Å². The summed E-state index contributed by atoms with van der Waals surface area (Å²) in [5, 5.41) is 0. The molecule has 0 amide bonds. The maximum atomic E-state index is 5.93. The standard InChI is InChI=1S/C13H22N2O/c1-13(2,3)10-7-9(11(15)8-14)5-6-12(10)16-4/h5-7,11H,8,14-15H2,1-4H3. The minimum Gasteiger partial charge on any atom is -0.496 e. The van der Waals surface area contributed by atoms with Crippen LogP contribution < -0.4 is 16.2 Å². The fraction of sp³-hybridized carbons (Fsp3) is 0.538. The molecule has 1 atom stereocenters. The second-order valence-electron chi connectivity index (χ2n) is 5.05. The van der Waals surface area contributed by atoms with Crippen LogP contribution in [0.5, 0.6) is 5.75 Å². The fourth-order valence-corrected chi connectivity index (χ4v) is 1.68. The van der Waals surface area contributed by atoms with Crippen molar-refractivity contribution in [3.8, 4) is 5.75 Å². The molecule has 1 rings (SSSR count). The monoisotopic (exact) mass is 222 g/mol. The predicted molar refractivity (Wildman–Crippen MR) is 67.7 cm³/mol. The van der Waals surface area contributed by atoms with Gasteiger partial charge >= 0.3 is 0 Å². The third-order valence-corrected chi connectivity index (χ3v) is 2.71. The van der Waals surface area contributed by atoms with E-state index in [1.807, 2.05) is 12.1 Å². The molecule has 0 aliphatic carbocycles. The van der Waals surface area contributed by atoms with Gasteiger partial charge in [0.25, 0.3) is 0 Å². The van der Waals surface area contributed by atoms with Crippen LogP contribution >= 0.6 is 0 Å². The van der Waals surface area contributed by atoms with E-state index in [-0.39, 0.29) is 11.5 Å². The van der Waals surface area contributed by atoms with E-state index in [2.05, 4.69) is 26.8 Å². The Morgan fingerprint density at radius 1 is 1.31 bits per heavy atom. The maximum Gasteiger partial charge on any atom is 0.122 e. The van der Waals surface area contributed by atoms with Crippen LogP contribution in [0.15, 0.2) is 18.2 Å². The normalized spacial score (nSPS) is 13.6. The molecular formula is C13H22N2O. The number of nitrogens with two attached hydrogens (primary N) is 2. The van der Waals surface area contributed by atoms with Gasteiger partial charge in [0.1, 0.15) is 5.75 Å². The smallest absolute Gasteiger partial charge is 0.122 e. The Morgan fingerprint density at radius 2 is 1.94 bits per heavy atom. The van der Waals surface area contributed by atoms with Crippen LogP contribution in [0.1, 0.15) is 37.9 Å². The van der Waals surface area contributed by atoms with Gasteiger partial charge in [-0.15, -0.1) is 0 Å². The Bertz CT molecular complexity index is 355. The van der Waals surface area contributed by atoms with Crippen molar-refractivity contribution in [1.82, 2.24) is 0 Å². The van der Waals surface area contributed by atoms with E-state index in [1.54, 1.807) is 7.11 Å². The van der Waals surface area contributed by atoms with Gasteiger partial charge in [-0.1, -0.05) is 26.8 Å². The lowest BCUT2D eigenvalue weighted by Gasteiger charge is -2.24. The fourth-order valence-electron chi connectivity index (χ4n) is 1.68. The van der Waals surface area contributed by atoms with Crippen LogP contribution in [-0.4, -0.2) is 13.7 Å². The van der Waals surface area contributed by atoms with Gasteiger partial charge in [-0.25, -0.2) is 0 Å². The molecule has 4 N–H and O–H groups in total. The maximum absolute atomic E-state index is 5.93. The molecule has 0 aliphatic rings. The molecule has 1 aromatic rings. The van der Waals surface area contributed by atoms with Gasteiger partial charge in [0.2, 0.25) is 0 Å². The summed E-state index contributed by atoms with van der Waals surface area (Å²) in [7, 11) is 1.69. The highest BCUT2D eigenvalue weighted by Crippen LogP contribution is 2.32. The van der Waals surface area contributed by atoms with Crippen molar-refractivity contribution in [1.29, 1.82) is 0 Å². The molecule has 3 nitrogen and oxygen atoms in total. The molecule has 0 saturated heterocycles. The lowest BCUT2D eigenvalue weighted by Crippen LogP contribution is -2.22. The van der Waals surface area contributed by atoms with Crippen molar-refractivity contribution >= 4 is 0 Å². The molecule has 0 heterocycles. The molecule has 0 fully saturated rings. The van der Waals surface area contributed by atoms with Crippen LogP contribution in [0.25, 0.3) is 0 Å². The van der Waals surface area contributed by atoms with Crippen molar-refractivity contribution < 1.29 is 4.74 Å². The van der Waals surface area contributed by atoms with E-state index in [9.17, 15) is 0 Å². The Labute approximate surface area is 97.8 Å². The van der Waals surface area contributed by atoms with Crippen LogP contribution in [0.4, 0.5) is 0 Å². The van der Waals surface area contributed by atoms with Crippen molar-refractivity contribution in [2.75, 3.05) is 13.7 Å². The Balaban J connectivity index is 3.22. The third kappa shape index (κ3) is 2.74. The second-order valence-corrected chi connectivity index (χ2v) is 5.05. The van der Waals surface area contributed by atoms with Gasteiger partial charge < -0.3 is 16.2 Å². The Kier molecular flexibility index (Phi) is 3.94. The lowest BCUT2D eigenvalue weighted by molar-refractivity contribution is 0.397. The Hall–Kier alpha value is -1.06. The number of methoxy groups -OCH3 is 1. The summed E-state index contributed by atoms with van der Waals surface area (Å²) in [4.78, 5) is 0. The average molecular weight is 222 g/mol. The number of hydrogen-bond donors (Lipinski definition) is 2. The van der Waals surface area contributed by atoms with E-state index in [0.717, 1.165) is 16.9 Å². The molecule has 0 saturated carbocycles. The highest BCUT2D eigenvalue weighted by molar-refractivity contribution is 5.42. The van der Waals surface area contributed by atoms with Crippen LogP contribution in [0.3, 0.4) is 0 Å². The van der Waals surface area contributed by atoms with Crippen LogP contribution in [-0.2, 0) is 5.41 Å². The molecule has 3 heteroatoms. The average Bonchev–Trinajstić information content (AvgIpc) is 2.26. The SMILES string of the molecule is COc1ccc(C(N)CN)cc1C(C)(C)C. The van der Waals surface area contributed by atoms with Crippen LogP contribution in [0, 0.1) is 0 Å². The molecule has 1 aromatic carbocycles. The highest BCUT2D eigenvalue weighted by Gasteiger charge is 2.20. The molecular weight excluding hydrogens is 200 g/mol. The lowest BCUT2D eigenvalue weighted by atomic mass is 9.84. The first-order valence-electron chi connectivity index (χ1n) is 5.54. The molecule has 0 aliphatic heterocycles. The largest absolute Gasteiger partial charge is 0.496 e. The zero-order valence-electron chi connectivity index (χ0n) is 10.6. The quantitative estimate of drug-likeness (QED) is 0.821. The Morgan fingerprint density at radius 3 is 2.38 bits per heavy atom. The summed E-state index contributed by atoms with van der Waals surface area (Å²) in [6, 6.07) is 5.93. The van der Waals surface area contributed by atoms with E-state index in [1.165, 1.54) is 0 Å². The van der Waals surface area contributed by atoms with Gasteiger partial charge in [-0.05, 0) is 28.7 Å². The molecule has 1 unspecified atom stereocenters. The summed E-state index contributed by atoms with van der Waals surface area (Å²) < 4.78 is 5.37. The second kappa shape index (κ2) is 4.85. The number of hydrogen-bond acceptors (Lipinski definition) is 3. The van der Waals surface area contributed by atoms with Gasteiger partial charge in [0, 0.05) is 12.6 Å². The number of ether oxygens (including phenoxy) is 1.